The summed E-state index contributed by atoms with van der Waals surface area (Å²) in [5, 5.41) is 10.7. The summed E-state index contributed by atoms with van der Waals surface area (Å²) in [6, 6.07) is 12.2. The number of H-pyrrole nitrogens is 1. The lowest BCUT2D eigenvalue weighted by Crippen LogP contribution is -2.24. The molecule has 0 radical (unpaired) electrons. The third-order valence-electron chi connectivity index (χ3n) is 3.97. The van der Waals surface area contributed by atoms with Gasteiger partial charge in [0.05, 0.1) is 0 Å². The minimum absolute atomic E-state index is 0.0496. The molecule has 0 bridgehead atoms. The van der Waals surface area contributed by atoms with E-state index in [4.69, 9.17) is 4.74 Å². The maximum Gasteiger partial charge on any atom is 0.342 e. The molecule has 24 heavy (non-hydrogen) atoms. The number of aromatic amines is 1. The van der Waals surface area contributed by atoms with Gasteiger partial charge in [-0.2, -0.15) is 0 Å². The molecule has 0 amide bonds. The summed E-state index contributed by atoms with van der Waals surface area (Å²) in [5.74, 6) is -1.15. The molecule has 3 aromatic rings. The Balaban J connectivity index is 1.81. The third kappa shape index (κ3) is 2.76. The van der Waals surface area contributed by atoms with Gasteiger partial charge in [-0.05, 0) is 31.5 Å². The first kappa shape index (κ1) is 15.8. The Morgan fingerprint density at radius 2 is 1.83 bits per heavy atom. The molecule has 0 aliphatic rings. The number of hydrogen-bond donors (Lipinski definition) is 2. The Morgan fingerprint density at radius 3 is 2.62 bits per heavy atom. The van der Waals surface area contributed by atoms with Crippen LogP contribution in [0.3, 0.4) is 0 Å². The standard InChI is InChI=1S/C19H17NO4/c1-11-6-5-8-14(17(11)21)19(23)24-12(2)18(22)15-10-20-16-9-4-3-7-13(15)16/h3-10,12,20-21H,1-2H3. The quantitative estimate of drug-likeness (QED) is 0.568. The van der Waals surface area contributed by atoms with E-state index in [0.29, 0.717) is 11.1 Å². The molecule has 2 aromatic carbocycles. The van der Waals surface area contributed by atoms with Gasteiger partial charge in [0.2, 0.25) is 5.78 Å². The Kier molecular flexibility index (Phi) is 4.08. The fourth-order valence-corrected chi connectivity index (χ4v) is 2.60. The van der Waals surface area contributed by atoms with Gasteiger partial charge in [-0.15, -0.1) is 0 Å². The van der Waals surface area contributed by atoms with E-state index in [1.165, 1.54) is 13.0 Å². The monoisotopic (exact) mass is 323 g/mol. The zero-order chi connectivity index (χ0) is 17.3. The summed E-state index contributed by atoms with van der Waals surface area (Å²) in [4.78, 5) is 27.8. The number of ketones is 1. The lowest BCUT2D eigenvalue weighted by molar-refractivity contribution is 0.0316. The van der Waals surface area contributed by atoms with Gasteiger partial charge in [0.15, 0.2) is 6.10 Å². The minimum atomic E-state index is -0.961. The van der Waals surface area contributed by atoms with Crippen LogP contribution in [-0.2, 0) is 4.74 Å². The van der Waals surface area contributed by atoms with Gasteiger partial charge in [0.1, 0.15) is 11.3 Å². The molecule has 0 aliphatic heterocycles. The van der Waals surface area contributed by atoms with Gasteiger partial charge in [-0.1, -0.05) is 30.3 Å². The van der Waals surface area contributed by atoms with Crippen LogP contribution in [0, 0.1) is 6.92 Å². The summed E-state index contributed by atoms with van der Waals surface area (Å²) < 4.78 is 5.24. The number of phenolic OH excluding ortho intramolecular Hbond substituents is 1. The maximum absolute atomic E-state index is 12.6. The number of nitrogens with one attached hydrogen (secondary N) is 1. The Hall–Kier alpha value is -3.08. The summed E-state index contributed by atoms with van der Waals surface area (Å²) >= 11 is 0. The first-order chi connectivity index (χ1) is 11.5. The van der Waals surface area contributed by atoms with Crippen molar-refractivity contribution in [3.05, 3.63) is 65.4 Å². The van der Waals surface area contributed by atoms with Crippen LogP contribution in [0.4, 0.5) is 0 Å². The molecule has 5 heteroatoms. The van der Waals surface area contributed by atoms with Crippen LogP contribution in [0.25, 0.3) is 10.9 Å². The topological polar surface area (TPSA) is 79.4 Å². The normalized spacial score (nSPS) is 12.1. The summed E-state index contributed by atoms with van der Waals surface area (Å²) in [6.07, 6.45) is 0.651. The molecule has 1 atom stereocenters. The molecule has 1 aromatic heterocycles. The van der Waals surface area contributed by atoms with Crippen molar-refractivity contribution in [3.8, 4) is 5.75 Å². The Bertz CT molecular complexity index is 926. The van der Waals surface area contributed by atoms with Crippen molar-refractivity contribution >= 4 is 22.7 Å². The second-order valence-corrected chi connectivity index (χ2v) is 5.63. The van der Waals surface area contributed by atoms with Crippen LogP contribution in [0.1, 0.15) is 33.2 Å². The molecular formula is C19H17NO4. The van der Waals surface area contributed by atoms with Crippen LogP contribution < -0.4 is 0 Å². The van der Waals surface area contributed by atoms with Crippen molar-refractivity contribution in [2.24, 2.45) is 0 Å². The Labute approximate surface area is 138 Å². The highest BCUT2D eigenvalue weighted by Crippen LogP contribution is 2.24. The molecule has 1 heterocycles. The van der Waals surface area contributed by atoms with Crippen molar-refractivity contribution in [2.75, 3.05) is 0 Å². The summed E-state index contributed by atoms with van der Waals surface area (Å²) in [6.45, 7) is 3.21. The highest BCUT2D eigenvalue weighted by atomic mass is 16.5. The predicted octanol–water partition coefficient (Wildman–Crippen LogP) is 3.61. The SMILES string of the molecule is Cc1cccc(C(=O)OC(C)C(=O)c2c[nH]c3ccccc23)c1O. The fourth-order valence-electron chi connectivity index (χ4n) is 2.60. The molecule has 0 saturated carbocycles. The van der Waals surface area contributed by atoms with E-state index in [2.05, 4.69) is 4.98 Å². The molecule has 5 nitrogen and oxygen atoms in total. The van der Waals surface area contributed by atoms with Crippen LogP contribution in [-0.4, -0.2) is 27.9 Å². The summed E-state index contributed by atoms with van der Waals surface area (Å²) in [7, 11) is 0. The number of aryl methyl sites for hydroxylation is 1. The first-order valence-electron chi connectivity index (χ1n) is 7.59. The van der Waals surface area contributed by atoms with Gasteiger partial charge in [-0.25, -0.2) is 4.79 Å². The number of para-hydroxylation sites is 2. The number of phenols is 1. The average Bonchev–Trinajstić information content (AvgIpc) is 3.00. The molecule has 3 rings (SSSR count). The van der Waals surface area contributed by atoms with Crippen molar-refractivity contribution in [1.29, 1.82) is 0 Å². The van der Waals surface area contributed by atoms with E-state index in [1.54, 1.807) is 25.3 Å². The van der Waals surface area contributed by atoms with Gasteiger partial charge in [-0.3, -0.25) is 4.79 Å². The van der Waals surface area contributed by atoms with Crippen molar-refractivity contribution in [2.45, 2.75) is 20.0 Å². The number of Topliss-reactive ketones (excluding diaryl/α,β-unsaturated/α-hetero) is 1. The number of ether oxygens (including phenoxy) is 1. The van der Waals surface area contributed by atoms with Crippen LogP contribution >= 0.6 is 0 Å². The number of carbonyl (C=O) groups excluding carboxylic acids is 2. The van der Waals surface area contributed by atoms with Crippen molar-refractivity contribution in [3.63, 3.8) is 0 Å². The van der Waals surface area contributed by atoms with E-state index < -0.39 is 12.1 Å². The van der Waals surface area contributed by atoms with E-state index >= 15 is 0 Å². The molecular weight excluding hydrogens is 306 g/mol. The van der Waals surface area contributed by atoms with Gasteiger partial charge in [0.25, 0.3) is 0 Å². The van der Waals surface area contributed by atoms with Crippen LogP contribution in [0.15, 0.2) is 48.7 Å². The number of aromatic nitrogens is 1. The number of hydrogen-bond acceptors (Lipinski definition) is 4. The minimum Gasteiger partial charge on any atom is -0.507 e. The Morgan fingerprint density at radius 1 is 1.08 bits per heavy atom. The molecule has 0 spiro atoms. The predicted molar refractivity (Wildman–Crippen MR) is 90.4 cm³/mol. The van der Waals surface area contributed by atoms with Crippen LogP contribution in [0.2, 0.25) is 0 Å². The third-order valence-corrected chi connectivity index (χ3v) is 3.97. The van der Waals surface area contributed by atoms with E-state index in [-0.39, 0.29) is 17.1 Å². The van der Waals surface area contributed by atoms with Gasteiger partial charge in [0, 0.05) is 22.7 Å². The second kappa shape index (κ2) is 6.20. The molecule has 122 valence electrons. The number of aromatic hydroxyl groups is 1. The molecule has 0 fully saturated rings. The molecule has 1 unspecified atom stereocenters. The largest absolute Gasteiger partial charge is 0.507 e. The second-order valence-electron chi connectivity index (χ2n) is 5.63. The van der Waals surface area contributed by atoms with Crippen molar-refractivity contribution in [1.82, 2.24) is 4.98 Å². The zero-order valence-corrected chi connectivity index (χ0v) is 13.4. The fraction of sp³-hybridized carbons (Fsp3) is 0.158. The number of benzene rings is 2. The summed E-state index contributed by atoms with van der Waals surface area (Å²) in [5.41, 5.74) is 1.93. The molecule has 0 saturated heterocycles. The first-order valence-corrected chi connectivity index (χ1v) is 7.59. The average molecular weight is 323 g/mol. The molecule has 2 N–H and O–H groups in total. The highest BCUT2D eigenvalue weighted by Gasteiger charge is 2.24. The van der Waals surface area contributed by atoms with E-state index in [1.807, 2.05) is 24.3 Å². The highest BCUT2D eigenvalue weighted by molar-refractivity contribution is 6.10. The van der Waals surface area contributed by atoms with Gasteiger partial charge < -0.3 is 14.8 Å². The van der Waals surface area contributed by atoms with E-state index in [9.17, 15) is 14.7 Å². The van der Waals surface area contributed by atoms with Crippen LogP contribution in [0.5, 0.6) is 5.75 Å². The number of esters is 1. The van der Waals surface area contributed by atoms with Gasteiger partial charge >= 0.3 is 5.97 Å². The maximum atomic E-state index is 12.6. The number of carbonyl (C=O) groups is 2. The lowest BCUT2D eigenvalue weighted by Gasteiger charge is -2.13. The number of fused-ring (bicyclic) bond motifs is 1. The van der Waals surface area contributed by atoms with E-state index in [0.717, 1.165) is 10.9 Å². The number of rotatable bonds is 4. The lowest BCUT2D eigenvalue weighted by atomic mass is 10.1. The smallest absolute Gasteiger partial charge is 0.342 e. The molecule has 0 aliphatic carbocycles. The van der Waals surface area contributed by atoms with Crippen molar-refractivity contribution < 1.29 is 19.4 Å². The zero-order valence-electron chi connectivity index (χ0n) is 13.4.